The fourth-order valence-corrected chi connectivity index (χ4v) is 1.12. The number of hydrogen-bond donors (Lipinski definition) is 0. The summed E-state index contributed by atoms with van der Waals surface area (Å²) in [6.07, 6.45) is 7.47. The number of nitrogens with zero attached hydrogens (tertiary/aromatic N) is 2. The van der Waals surface area contributed by atoms with Crippen LogP contribution >= 0.6 is 0 Å². The van der Waals surface area contributed by atoms with Crippen molar-refractivity contribution in [1.29, 1.82) is 0 Å². The van der Waals surface area contributed by atoms with Crippen LogP contribution in [0.1, 0.15) is 0 Å². The van der Waals surface area contributed by atoms with E-state index in [-0.39, 0.29) is 32.7 Å². The van der Waals surface area contributed by atoms with E-state index in [1.807, 2.05) is 0 Å². The minimum absolute atomic E-state index is 0. The molecule has 0 aliphatic carbocycles. The third-order valence-electron chi connectivity index (χ3n) is 1.07. The smallest absolute Gasteiger partial charge is 0.239 e. The van der Waals surface area contributed by atoms with Crippen LogP contribution in [0.3, 0.4) is 0 Å². The molecule has 4 nitrogen and oxygen atoms in total. The zero-order valence-electron chi connectivity index (χ0n) is 6.14. The van der Waals surface area contributed by atoms with Crippen molar-refractivity contribution in [3.63, 3.8) is 0 Å². The van der Waals surface area contributed by atoms with Crippen molar-refractivity contribution in [2.75, 3.05) is 0 Å². The molecular formula is C5H8N2O2SY. The van der Waals surface area contributed by atoms with Crippen LogP contribution in [0, 0.1) is 6.26 Å². The van der Waals surface area contributed by atoms with Gasteiger partial charge in [-0.2, -0.15) is 10.2 Å². The van der Waals surface area contributed by atoms with Gasteiger partial charge in [0.1, 0.15) is 12.4 Å². The van der Waals surface area contributed by atoms with Crippen LogP contribution in [0.25, 0.3) is 0 Å². The van der Waals surface area contributed by atoms with Gasteiger partial charge in [-0.15, -0.1) is 0 Å². The Morgan fingerprint density at radius 2 is 2.09 bits per heavy atom. The van der Waals surface area contributed by atoms with E-state index in [0.717, 1.165) is 3.97 Å². The van der Waals surface area contributed by atoms with Gasteiger partial charge in [0.15, 0.2) is 10.0 Å². The van der Waals surface area contributed by atoms with Crippen molar-refractivity contribution in [3.05, 3.63) is 25.0 Å². The molecule has 0 bridgehead atoms. The first-order valence-corrected chi connectivity index (χ1v) is 4.23. The molecule has 1 aromatic heterocycles. The molecular weight excluding hydrogens is 241 g/mol. The Labute approximate surface area is 91.2 Å². The van der Waals surface area contributed by atoms with Crippen molar-refractivity contribution in [2.45, 2.75) is 0 Å². The minimum atomic E-state index is -3.34. The quantitative estimate of drug-likeness (QED) is 0.487. The fraction of sp³-hybridized carbons (Fsp3) is 0.200. The van der Waals surface area contributed by atoms with Crippen LogP contribution in [-0.2, 0) is 49.8 Å². The Morgan fingerprint density at radius 1 is 1.55 bits per heavy atom. The first-order chi connectivity index (χ1) is 4.50. The van der Waals surface area contributed by atoms with Gasteiger partial charge in [-0.3, -0.25) is 0 Å². The van der Waals surface area contributed by atoms with Crippen LogP contribution in [0.4, 0.5) is 0 Å². The van der Waals surface area contributed by atoms with Crippen LogP contribution in [0.2, 0.25) is 0 Å². The summed E-state index contributed by atoms with van der Waals surface area (Å²) < 4.78 is 24.0. The van der Waals surface area contributed by atoms with Gasteiger partial charge in [0.05, 0.1) is 7.05 Å². The molecule has 1 aromatic rings. The molecule has 0 spiro atoms. The Bertz CT molecular complexity index is 330. The van der Waals surface area contributed by atoms with Crippen LogP contribution in [0.5, 0.6) is 0 Å². The molecule has 0 aliphatic rings. The molecule has 0 saturated carbocycles. The third-order valence-corrected chi connectivity index (χ3v) is 1.92. The molecule has 1 heterocycles. The second kappa shape index (κ2) is 3.78. The zero-order chi connectivity index (χ0) is 7.78. The topological polar surface area (TPSA) is 43.0 Å². The predicted molar refractivity (Wildman–Crippen MR) is 35.3 cm³/mol. The molecule has 1 radical (unpaired) electrons. The molecule has 1 rings (SSSR count). The van der Waals surface area contributed by atoms with E-state index in [1.54, 1.807) is 17.8 Å². The standard InChI is InChI=1S/C5H8N2O2S.Y/c1-6-3-4-7(5-6)10(2,8)9;/h3-5H,2H2,1H3;. The first kappa shape index (κ1) is 11.3. The SMILES string of the molecule is [CH2-]S(=O)(=O)n1cc[n+](C)c1.[Y]. The van der Waals surface area contributed by atoms with Gasteiger partial charge in [-0.1, -0.05) is 0 Å². The maximum Gasteiger partial charge on any atom is 0.256 e. The van der Waals surface area contributed by atoms with Crippen molar-refractivity contribution in [1.82, 2.24) is 3.97 Å². The average molecular weight is 249 g/mol. The summed E-state index contributed by atoms with van der Waals surface area (Å²) in [5.74, 6) is 0. The fourth-order valence-electron chi connectivity index (χ4n) is 0.592. The van der Waals surface area contributed by atoms with Crippen molar-refractivity contribution < 1.29 is 45.7 Å². The second-order valence-corrected chi connectivity index (χ2v) is 3.61. The van der Waals surface area contributed by atoms with E-state index < -0.39 is 10.0 Å². The summed E-state index contributed by atoms with van der Waals surface area (Å²) >= 11 is 0. The number of aromatic nitrogens is 2. The minimum Gasteiger partial charge on any atom is -0.239 e. The van der Waals surface area contributed by atoms with Crippen LogP contribution < -0.4 is 4.57 Å². The summed E-state index contributed by atoms with van der Waals surface area (Å²) in [6.45, 7) is 0. The number of hydrogen-bond acceptors (Lipinski definition) is 2. The zero-order valence-corrected chi connectivity index (χ0v) is 9.79. The van der Waals surface area contributed by atoms with Crippen molar-refractivity contribution in [2.24, 2.45) is 7.05 Å². The number of rotatable bonds is 1. The van der Waals surface area contributed by atoms with Gasteiger partial charge in [0, 0.05) is 32.7 Å². The molecule has 0 saturated heterocycles. The molecule has 0 amide bonds. The molecule has 11 heavy (non-hydrogen) atoms. The van der Waals surface area contributed by atoms with Crippen molar-refractivity contribution in [3.8, 4) is 0 Å². The van der Waals surface area contributed by atoms with Gasteiger partial charge in [-0.25, -0.2) is 13.0 Å². The van der Waals surface area contributed by atoms with Gasteiger partial charge in [0.2, 0.25) is 0 Å². The average Bonchev–Trinajstić information content (AvgIpc) is 2.11. The summed E-state index contributed by atoms with van der Waals surface area (Å²) in [5.41, 5.74) is 0. The largest absolute Gasteiger partial charge is 0.256 e. The summed E-state index contributed by atoms with van der Waals surface area (Å²) in [7, 11) is -1.60. The molecule has 0 atom stereocenters. The normalized spacial score (nSPS) is 10.7. The monoisotopic (exact) mass is 249 g/mol. The van der Waals surface area contributed by atoms with Crippen LogP contribution in [0.15, 0.2) is 18.7 Å². The maximum atomic E-state index is 10.7. The van der Waals surface area contributed by atoms with E-state index in [9.17, 15) is 8.42 Å². The summed E-state index contributed by atoms with van der Waals surface area (Å²) in [6, 6.07) is 0. The Morgan fingerprint density at radius 3 is 2.27 bits per heavy atom. The molecule has 0 unspecified atom stereocenters. The van der Waals surface area contributed by atoms with Crippen molar-refractivity contribution >= 4 is 10.0 Å². The second-order valence-electron chi connectivity index (χ2n) is 2.02. The Balaban J connectivity index is 0.000001000. The van der Waals surface area contributed by atoms with Gasteiger partial charge in [0.25, 0.3) is 6.33 Å². The Hall–Kier alpha value is 0.264. The molecule has 0 aliphatic heterocycles. The Kier molecular flexibility index (Phi) is 3.87. The number of aryl methyl sites for hydroxylation is 1. The van der Waals surface area contributed by atoms with Gasteiger partial charge < -0.3 is 0 Å². The van der Waals surface area contributed by atoms with Crippen LogP contribution in [-0.4, -0.2) is 12.4 Å². The van der Waals surface area contributed by atoms with E-state index in [0.29, 0.717) is 0 Å². The van der Waals surface area contributed by atoms with E-state index in [4.69, 9.17) is 0 Å². The van der Waals surface area contributed by atoms with Gasteiger partial charge in [-0.05, 0) is 0 Å². The predicted octanol–water partition coefficient (Wildman–Crippen LogP) is -0.720. The maximum absolute atomic E-state index is 10.7. The third kappa shape index (κ3) is 3.01. The molecule has 0 fully saturated rings. The van der Waals surface area contributed by atoms with E-state index >= 15 is 0 Å². The van der Waals surface area contributed by atoms with E-state index in [2.05, 4.69) is 6.26 Å². The molecule has 0 aromatic carbocycles. The molecule has 59 valence electrons. The summed E-state index contributed by atoms with van der Waals surface area (Å²) in [5, 5.41) is 0. The summed E-state index contributed by atoms with van der Waals surface area (Å²) in [4.78, 5) is 0. The number of imidazole rings is 1. The molecule has 6 heteroatoms. The first-order valence-electron chi connectivity index (χ1n) is 2.62. The van der Waals surface area contributed by atoms with Gasteiger partial charge >= 0.3 is 0 Å². The van der Waals surface area contributed by atoms with E-state index in [1.165, 1.54) is 12.5 Å². The molecule has 0 N–H and O–H groups in total.